The predicted octanol–water partition coefficient (Wildman–Crippen LogP) is -6.89. The molecule has 0 radical (unpaired) electrons. The van der Waals surface area contributed by atoms with Gasteiger partial charge < -0.3 is 65.9 Å². The Morgan fingerprint density at radius 2 is 1.79 bits per heavy atom. The van der Waals surface area contributed by atoms with Gasteiger partial charge in [0.1, 0.15) is 54.9 Å². The molecule has 2 aliphatic rings. The number of aromatic amines is 1. The molecule has 24 heteroatoms. The summed E-state index contributed by atoms with van der Waals surface area (Å²) in [5.41, 5.74) is 8.01. The number of nitrogens with zero attached hydrogens (tertiary/aromatic N) is 3. The third-order valence-corrected chi connectivity index (χ3v) is 9.07. The molecule has 42 heavy (non-hydrogen) atoms. The monoisotopic (exact) mass is 647 g/mol. The standard InChI is InChI=1S/C18H30N6O16P2/c1-4(25)6(19)13-10(28)9(27)12(30)17(38-13)39-42(34,35)40-41(32,33)36-2-5-8(26)11(29)16(37-5)24-3-21-7-14(24)22-18(20)23-15(7)31/h3-6,8-13,16-17,25-30H,2,19H2,1H3,(H,32,33)(H,34,35)(H3,20,22,23,31)/p-1/t4-,5-,6-,8-,9+,10-,11-,12-,13-,16-,17-/m1/s1. The number of nitrogen functional groups attached to an aromatic ring is 1. The zero-order valence-electron chi connectivity index (χ0n) is 21.4. The van der Waals surface area contributed by atoms with Crippen molar-refractivity contribution >= 4 is 32.8 Å². The van der Waals surface area contributed by atoms with Crippen LogP contribution in [-0.2, 0) is 32.0 Å². The van der Waals surface area contributed by atoms with Gasteiger partial charge in [0, 0.05) is 0 Å². The smallest absolute Gasteiger partial charge is 0.280 e. The summed E-state index contributed by atoms with van der Waals surface area (Å²) in [6, 6.07) is -1.15. The van der Waals surface area contributed by atoms with Gasteiger partial charge in [0.15, 0.2) is 23.7 Å². The van der Waals surface area contributed by atoms with E-state index in [4.69, 9.17) is 15.2 Å². The molecule has 2 aliphatic heterocycles. The van der Waals surface area contributed by atoms with Gasteiger partial charge in [0.05, 0.1) is 12.9 Å². The molecular formula is C18H29N6O16P2-. The molecule has 2 saturated heterocycles. The number of phosphoric ester groups is 2. The van der Waals surface area contributed by atoms with Gasteiger partial charge in [-0.05, 0) is 6.92 Å². The van der Waals surface area contributed by atoms with Crippen LogP contribution in [0.3, 0.4) is 0 Å². The van der Waals surface area contributed by atoms with Crippen molar-refractivity contribution in [2.75, 3.05) is 12.3 Å². The fraction of sp³-hybridized carbons (Fsp3) is 0.722. The SMILES string of the molecule is C[C@@H](O)[C@@H]([NH3+])[C@H]1O[C@H](OP(=O)([O-])OP(=O)([O-])OC[C@H]2O[C@@H](n3cnc4c(=O)[nH]c(N)nc43)[C@H](O)[C@@H]2O)[C@H](O)[C@@H](O)[C@H]1O. The molecule has 0 bridgehead atoms. The maximum atomic E-state index is 12.3. The summed E-state index contributed by atoms with van der Waals surface area (Å²) in [6.45, 7) is 0.163. The van der Waals surface area contributed by atoms with Crippen molar-refractivity contribution in [1.82, 2.24) is 19.5 Å². The fourth-order valence-electron chi connectivity index (χ4n) is 4.27. The summed E-state index contributed by atoms with van der Waals surface area (Å²) >= 11 is 0. The highest BCUT2D eigenvalue weighted by Gasteiger charge is 2.50. The Bertz CT molecular complexity index is 1420. The molecule has 2 fully saturated rings. The van der Waals surface area contributed by atoms with Gasteiger partial charge in [-0.2, -0.15) is 4.98 Å². The van der Waals surface area contributed by atoms with Crippen molar-refractivity contribution in [1.29, 1.82) is 0 Å². The summed E-state index contributed by atoms with van der Waals surface area (Å²) in [5.74, 6) is -0.294. The molecule has 0 aromatic carbocycles. The Morgan fingerprint density at radius 3 is 2.43 bits per heavy atom. The number of imidazole rings is 1. The Hall–Kier alpha value is -1.95. The van der Waals surface area contributed by atoms with Crippen LogP contribution in [-0.4, -0.2) is 118 Å². The Kier molecular flexibility index (Phi) is 9.58. The van der Waals surface area contributed by atoms with Gasteiger partial charge in [0.25, 0.3) is 21.2 Å². The van der Waals surface area contributed by atoms with E-state index in [9.17, 15) is 54.4 Å². The third-order valence-electron chi connectivity index (χ3n) is 6.54. The molecule has 13 atom stereocenters. The quantitative estimate of drug-likeness (QED) is 0.108. The van der Waals surface area contributed by atoms with E-state index in [1.807, 2.05) is 0 Å². The van der Waals surface area contributed by atoms with Crippen molar-refractivity contribution in [3.63, 3.8) is 0 Å². The van der Waals surface area contributed by atoms with Crippen LogP contribution < -0.4 is 26.8 Å². The topological polar surface area (TPSA) is 365 Å². The molecule has 4 heterocycles. The van der Waals surface area contributed by atoms with E-state index >= 15 is 0 Å². The molecule has 0 saturated carbocycles. The highest BCUT2D eigenvalue weighted by molar-refractivity contribution is 7.59. The molecule has 22 nitrogen and oxygen atoms in total. The number of rotatable bonds is 10. The molecule has 238 valence electrons. The number of hydrogen-bond acceptors (Lipinski definition) is 19. The van der Waals surface area contributed by atoms with Gasteiger partial charge >= 0.3 is 0 Å². The van der Waals surface area contributed by atoms with Gasteiger partial charge in [-0.3, -0.25) is 28.0 Å². The van der Waals surface area contributed by atoms with E-state index in [0.29, 0.717) is 0 Å². The van der Waals surface area contributed by atoms with Gasteiger partial charge in [-0.1, -0.05) is 0 Å². The van der Waals surface area contributed by atoms with E-state index in [1.54, 1.807) is 0 Å². The van der Waals surface area contributed by atoms with Crippen molar-refractivity contribution in [3.8, 4) is 0 Å². The van der Waals surface area contributed by atoms with Gasteiger partial charge in [-0.25, -0.2) is 9.29 Å². The first-order valence-corrected chi connectivity index (χ1v) is 15.0. The molecule has 2 aromatic heterocycles. The van der Waals surface area contributed by atoms with Crippen molar-refractivity contribution < 1.29 is 78.1 Å². The third kappa shape index (κ3) is 6.74. The number of fused-ring (bicyclic) bond motifs is 1. The number of anilines is 1. The summed E-state index contributed by atoms with van der Waals surface area (Å²) < 4.78 is 49.1. The number of nitrogens with two attached hydrogens (primary N) is 1. The Labute approximate surface area is 234 Å². The van der Waals surface area contributed by atoms with Crippen LogP contribution in [0.2, 0.25) is 0 Å². The molecular weight excluding hydrogens is 618 g/mol. The highest BCUT2D eigenvalue weighted by Crippen LogP contribution is 2.57. The second-order valence-electron chi connectivity index (χ2n) is 9.54. The molecule has 0 amide bonds. The highest BCUT2D eigenvalue weighted by atomic mass is 31.3. The molecule has 0 aliphatic carbocycles. The minimum absolute atomic E-state index is 0.137. The first kappa shape index (κ1) is 33.0. The largest absolute Gasteiger partial charge is 0.756 e. The number of phosphoric acid groups is 2. The number of nitrogens with one attached hydrogen (secondary N) is 1. The first-order chi connectivity index (χ1) is 19.4. The Morgan fingerprint density at radius 1 is 1.12 bits per heavy atom. The van der Waals surface area contributed by atoms with Crippen LogP contribution in [0.25, 0.3) is 11.2 Å². The molecule has 2 unspecified atom stereocenters. The van der Waals surface area contributed by atoms with Crippen LogP contribution in [0.15, 0.2) is 11.1 Å². The van der Waals surface area contributed by atoms with E-state index in [0.717, 1.165) is 10.9 Å². The van der Waals surface area contributed by atoms with Crippen molar-refractivity contribution in [2.24, 2.45) is 0 Å². The fourth-order valence-corrected chi connectivity index (χ4v) is 6.35. The van der Waals surface area contributed by atoms with Gasteiger partial charge in [0.2, 0.25) is 5.95 Å². The predicted molar refractivity (Wildman–Crippen MR) is 127 cm³/mol. The molecule has 2 aromatic rings. The summed E-state index contributed by atoms with van der Waals surface area (Å²) in [5, 5.41) is 60.7. The zero-order chi connectivity index (χ0) is 31.3. The second kappa shape index (κ2) is 12.2. The maximum absolute atomic E-state index is 12.3. The summed E-state index contributed by atoms with van der Waals surface area (Å²) in [6.07, 6.45) is -16.7. The minimum Gasteiger partial charge on any atom is -0.756 e. The average molecular weight is 647 g/mol. The summed E-state index contributed by atoms with van der Waals surface area (Å²) in [4.78, 5) is 46.5. The lowest BCUT2D eigenvalue weighted by Gasteiger charge is -2.43. The van der Waals surface area contributed by atoms with Crippen molar-refractivity contribution in [3.05, 3.63) is 16.7 Å². The molecule has 12 N–H and O–H groups in total. The summed E-state index contributed by atoms with van der Waals surface area (Å²) in [7, 11) is -11.8. The van der Waals surface area contributed by atoms with E-state index < -0.39 is 95.2 Å². The number of aromatic nitrogens is 4. The van der Waals surface area contributed by atoms with Crippen LogP contribution in [0, 0.1) is 0 Å². The molecule has 4 rings (SSSR count). The van der Waals surface area contributed by atoms with Crippen LogP contribution in [0.1, 0.15) is 13.2 Å². The van der Waals surface area contributed by atoms with Crippen LogP contribution >= 0.6 is 15.6 Å². The number of hydrogen-bond donors (Lipinski definition) is 9. The van der Waals surface area contributed by atoms with Crippen LogP contribution in [0.5, 0.6) is 0 Å². The lowest BCUT2D eigenvalue weighted by molar-refractivity contribution is -0.474. The Balaban J connectivity index is 1.40. The second-order valence-corrected chi connectivity index (χ2v) is 12.5. The number of aliphatic hydroxyl groups excluding tert-OH is 6. The first-order valence-electron chi connectivity index (χ1n) is 12.0. The van der Waals surface area contributed by atoms with E-state index in [-0.39, 0.29) is 17.1 Å². The maximum Gasteiger partial charge on any atom is 0.280 e. The number of H-pyrrole nitrogens is 1. The van der Waals surface area contributed by atoms with Crippen LogP contribution in [0.4, 0.5) is 5.95 Å². The van der Waals surface area contributed by atoms with E-state index in [2.05, 4.69) is 34.0 Å². The lowest BCUT2D eigenvalue weighted by Crippen LogP contribution is -2.76. The lowest BCUT2D eigenvalue weighted by atomic mass is 9.92. The molecule has 0 spiro atoms. The normalized spacial score (nSPS) is 36.4. The van der Waals surface area contributed by atoms with Gasteiger partial charge in [-0.15, -0.1) is 0 Å². The zero-order valence-corrected chi connectivity index (χ0v) is 23.2. The van der Waals surface area contributed by atoms with Crippen molar-refractivity contribution in [2.45, 2.75) is 74.3 Å². The number of quaternary nitrogens is 1. The number of ether oxygens (including phenoxy) is 2. The number of aliphatic hydroxyl groups is 6. The average Bonchev–Trinajstić information content (AvgIpc) is 3.42. The van der Waals surface area contributed by atoms with E-state index in [1.165, 1.54) is 6.92 Å². The minimum atomic E-state index is -5.95.